The molecule has 1 aromatic carbocycles. The third-order valence-electron chi connectivity index (χ3n) is 9.52. The van der Waals surface area contributed by atoms with Crippen molar-refractivity contribution in [1.82, 2.24) is 20.1 Å². The first kappa shape index (κ1) is 26.6. The molecule has 0 bridgehead atoms. The fourth-order valence-corrected chi connectivity index (χ4v) is 7.22. The van der Waals surface area contributed by atoms with Crippen molar-refractivity contribution in [2.75, 3.05) is 60.9 Å². The van der Waals surface area contributed by atoms with Crippen LogP contribution in [0.25, 0.3) is 0 Å². The average molecular weight is 572 g/mol. The van der Waals surface area contributed by atoms with Gasteiger partial charge in [0.1, 0.15) is 11.9 Å². The van der Waals surface area contributed by atoms with Crippen LogP contribution in [0.4, 0.5) is 17.2 Å². The molecule has 2 N–H and O–H groups in total. The van der Waals surface area contributed by atoms with E-state index in [1.807, 2.05) is 24.4 Å². The first-order valence-corrected chi connectivity index (χ1v) is 14.6. The van der Waals surface area contributed by atoms with Gasteiger partial charge in [0.05, 0.1) is 23.0 Å². The molecule has 218 valence electrons. The normalized spacial score (nSPS) is 23.9. The minimum atomic E-state index is -0.950. The summed E-state index contributed by atoms with van der Waals surface area (Å²) in [7, 11) is 0. The average Bonchev–Trinajstić information content (AvgIpc) is 3.19. The number of likely N-dealkylation sites (tertiary alicyclic amines) is 1. The van der Waals surface area contributed by atoms with E-state index in [2.05, 4.69) is 30.3 Å². The van der Waals surface area contributed by atoms with Gasteiger partial charge < -0.3 is 20.0 Å². The molecule has 1 spiro atoms. The second kappa shape index (κ2) is 10.2. The molecular formula is C30H33N7O5. The minimum Gasteiger partial charge on any atom is -0.371 e. The Bertz CT molecular complexity index is 1450. The lowest BCUT2D eigenvalue weighted by molar-refractivity contribution is -0.136. The predicted octanol–water partition coefficient (Wildman–Crippen LogP) is 1.09. The highest BCUT2D eigenvalue weighted by molar-refractivity contribution is 6.23. The minimum absolute atomic E-state index is 0.106. The number of amides is 5. The standard InChI is InChI=1S/C30H33N7O5/c38-18-32-25-5-2-21(12-31-25)35-9-7-30(8-10-35)16-34(17-30)13-19-14-36(15-19)20-1-3-22-23(11-20)29(42)37(28(22)41)24-4-6-26(39)33-27(24)40/h1-3,5,11-12,18-19,24H,4,6-10,13-17H2,(H,31,32,38)(H,33,39,40). The molecule has 0 aliphatic carbocycles. The molecule has 7 rings (SSSR count). The van der Waals surface area contributed by atoms with Crippen LogP contribution in [0.5, 0.6) is 0 Å². The quantitative estimate of drug-likeness (QED) is 0.370. The van der Waals surface area contributed by atoms with Crippen LogP contribution in [0.2, 0.25) is 0 Å². The number of hydrogen-bond donors (Lipinski definition) is 2. The number of anilines is 3. The summed E-state index contributed by atoms with van der Waals surface area (Å²) in [6.07, 6.45) is 5.03. The monoisotopic (exact) mass is 571 g/mol. The lowest BCUT2D eigenvalue weighted by Gasteiger charge is -2.56. The van der Waals surface area contributed by atoms with Gasteiger partial charge in [-0.25, -0.2) is 4.98 Å². The Morgan fingerprint density at radius 2 is 1.69 bits per heavy atom. The number of carbonyl (C=O) groups excluding carboxylic acids is 5. The molecule has 1 atom stereocenters. The van der Waals surface area contributed by atoms with Crippen molar-refractivity contribution in [3.63, 3.8) is 0 Å². The zero-order valence-electron chi connectivity index (χ0n) is 23.3. The Balaban J connectivity index is 0.887. The zero-order valence-corrected chi connectivity index (χ0v) is 23.3. The largest absolute Gasteiger partial charge is 0.371 e. The van der Waals surface area contributed by atoms with Gasteiger partial charge in [0.25, 0.3) is 11.8 Å². The third-order valence-corrected chi connectivity index (χ3v) is 9.52. The van der Waals surface area contributed by atoms with E-state index in [9.17, 15) is 24.0 Å². The lowest BCUT2D eigenvalue weighted by Crippen LogP contribution is -2.63. The summed E-state index contributed by atoms with van der Waals surface area (Å²) in [4.78, 5) is 73.0. The predicted molar refractivity (Wildman–Crippen MR) is 153 cm³/mol. The van der Waals surface area contributed by atoms with Gasteiger partial charge >= 0.3 is 0 Å². The molecule has 12 heteroatoms. The number of nitrogens with zero attached hydrogens (tertiary/aromatic N) is 5. The Kier molecular flexibility index (Phi) is 6.45. The molecule has 0 radical (unpaired) electrons. The highest BCUT2D eigenvalue weighted by Gasteiger charge is 2.47. The molecule has 5 aliphatic rings. The van der Waals surface area contributed by atoms with Crippen LogP contribution in [0.1, 0.15) is 46.4 Å². The molecule has 2 aromatic rings. The highest BCUT2D eigenvalue weighted by Crippen LogP contribution is 2.42. The summed E-state index contributed by atoms with van der Waals surface area (Å²) in [6.45, 7) is 7.13. The third kappa shape index (κ3) is 4.59. The molecule has 6 heterocycles. The molecule has 42 heavy (non-hydrogen) atoms. The van der Waals surface area contributed by atoms with E-state index in [0.717, 1.165) is 74.9 Å². The van der Waals surface area contributed by atoms with Crippen molar-refractivity contribution >= 4 is 47.2 Å². The van der Waals surface area contributed by atoms with E-state index in [1.54, 1.807) is 12.1 Å². The molecule has 1 unspecified atom stereocenters. The van der Waals surface area contributed by atoms with Gasteiger partial charge in [0.2, 0.25) is 18.2 Å². The van der Waals surface area contributed by atoms with Crippen molar-refractivity contribution in [3.05, 3.63) is 47.7 Å². The van der Waals surface area contributed by atoms with E-state index >= 15 is 0 Å². The van der Waals surface area contributed by atoms with E-state index in [4.69, 9.17) is 0 Å². The fourth-order valence-electron chi connectivity index (χ4n) is 7.22. The van der Waals surface area contributed by atoms with Crippen LogP contribution in [0.15, 0.2) is 36.5 Å². The number of rotatable bonds is 7. The van der Waals surface area contributed by atoms with E-state index < -0.39 is 23.8 Å². The van der Waals surface area contributed by atoms with Gasteiger partial charge in [-0.1, -0.05) is 0 Å². The van der Waals surface area contributed by atoms with Gasteiger partial charge in [0, 0.05) is 63.8 Å². The maximum absolute atomic E-state index is 13.2. The van der Waals surface area contributed by atoms with Gasteiger partial charge in [-0.2, -0.15) is 0 Å². The summed E-state index contributed by atoms with van der Waals surface area (Å²) in [6, 6.07) is 8.22. The topological polar surface area (TPSA) is 135 Å². The molecule has 5 aliphatic heterocycles. The van der Waals surface area contributed by atoms with Gasteiger partial charge in [-0.3, -0.25) is 34.2 Å². The summed E-state index contributed by atoms with van der Waals surface area (Å²) < 4.78 is 0. The van der Waals surface area contributed by atoms with Crippen LogP contribution in [0.3, 0.4) is 0 Å². The second-order valence-electron chi connectivity index (χ2n) is 12.3. The van der Waals surface area contributed by atoms with Crippen LogP contribution in [-0.2, 0) is 14.4 Å². The van der Waals surface area contributed by atoms with Crippen LogP contribution in [-0.4, -0.2) is 96.7 Å². The Hall–Kier alpha value is -4.32. The summed E-state index contributed by atoms with van der Waals surface area (Å²) in [5, 5.41) is 4.81. The SMILES string of the molecule is O=CNc1ccc(N2CCC3(CC2)CN(CC2CN(c4ccc5c(c4)C(=O)N(C4CCC(=O)NC4=O)C5=O)C2)C3)cn1. The number of hydrogen-bond acceptors (Lipinski definition) is 9. The second-order valence-corrected chi connectivity index (χ2v) is 12.3. The molecule has 5 amide bonds. The van der Waals surface area contributed by atoms with Gasteiger partial charge in [-0.05, 0) is 55.0 Å². The van der Waals surface area contributed by atoms with E-state index in [-0.39, 0.29) is 18.7 Å². The molecule has 4 fully saturated rings. The molecule has 0 saturated carbocycles. The van der Waals surface area contributed by atoms with Crippen LogP contribution >= 0.6 is 0 Å². The number of carbonyl (C=O) groups is 5. The van der Waals surface area contributed by atoms with E-state index in [0.29, 0.717) is 34.7 Å². The molecular weight excluding hydrogens is 538 g/mol. The van der Waals surface area contributed by atoms with Crippen LogP contribution in [0, 0.1) is 11.3 Å². The number of aromatic nitrogens is 1. The first-order valence-electron chi connectivity index (χ1n) is 14.6. The maximum atomic E-state index is 13.2. The van der Waals surface area contributed by atoms with Crippen LogP contribution < -0.4 is 20.4 Å². The number of fused-ring (bicyclic) bond motifs is 1. The number of nitrogens with one attached hydrogen (secondary N) is 2. The van der Waals surface area contributed by atoms with Gasteiger partial charge in [-0.15, -0.1) is 0 Å². The van der Waals surface area contributed by atoms with E-state index in [1.165, 1.54) is 0 Å². The number of benzene rings is 1. The highest BCUT2D eigenvalue weighted by atomic mass is 16.2. The first-order chi connectivity index (χ1) is 20.3. The number of imide groups is 2. The molecule has 12 nitrogen and oxygen atoms in total. The summed E-state index contributed by atoms with van der Waals surface area (Å²) >= 11 is 0. The molecule has 4 saturated heterocycles. The van der Waals surface area contributed by atoms with Gasteiger partial charge in [0.15, 0.2) is 0 Å². The molecule has 1 aromatic heterocycles. The Morgan fingerprint density at radius 3 is 2.38 bits per heavy atom. The lowest BCUT2D eigenvalue weighted by atomic mass is 9.71. The Labute approximate surface area is 243 Å². The summed E-state index contributed by atoms with van der Waals surface area (Å²) in [5.41, 5.74) is 3.03. The fraction of sp³-hybridized carbons (Fsp3) is 0.467. The smallest absolute Gasteiger partial charge is 0.262 e. The number of pyridine rings is 1. The number of piperidine rings is 2. The maximum Gasteiger partial charge on any atom is 0.262 e. The van der Waals surface area contributed by atoms with Crippen molar-refractivity contribution in [1.29, 1.82) is 0 Å². The van der Waals surface area contributed by atoms with Crippen molar-refractivity contribution in [3.8, 4) is 0 Å². The van der Waals surface area contributed by atoms with Crippen molar-refractivity contribution in [2.24, 2.45) is 11.3 Å². The summed E-state index contributed by atoms with van der Waals surface area (Å²) in [5.74, 6) is -0.811. The van der Waals surface area contributed by atoms with Crippen molar-refractivity contribution in [2.45, 2.75) is 31.7 Å². The zero-order chi connectivity index (χ0) is 29.0. The Morgan fingerprint density at radius 1 is 0.952 bits per heavy atom. The van der Waals surface area contributed by atoms with Crippen molar-refractivity contribution < 1.29 is 24.0 Å².